The third-order valence-corrected chi connectivity index (χ3v) is 11.4. The summed E-state index contributed by atoms with van der Waals surface area (Å²) in [5.74, 6) is 0.791. The van der Waals surface area contributed by atoms with Crippen LogP contribution in [0.2, 0.25) is 0 Å². The van der Waals surface area contributed by atoms with Gasteiger partial charge in [0, 0.05) is 47.4 Å². The van der Waals surface area contributed by atoms with Crippen LogP contribution in [0.1, 0.15) is 31.2 Å². The number of rotatable bonds is 0. The SMILES string of the molecule is c1cc2c3c(c1)B1c4ccc5sc6ccccc6c5c4Sc4cccc(c41)N3C1CCCCC1C2. The van der Waals surface area contributed by atoms with Crippen molar-refractivity contribution in [2.45, 2.75) is 47.9 Å². The lowest BCUT2D eigenvalue weighted by Crippen LogP contribution is -2.63. The minimum Gasteiger partial charge on any atom is -0.339 e. The van der Waals surface area contributed by atoms with Crippen molar-refractivity contribution in [2.75, 3.05) is 4.90 Å². The van der Waals surface area contributed by atoms with Crippen molar-refractivity contribution in [2.24, 2.45) is 5.92 Å². The Morgan fingerprint density at radius 2 is 1.71 bits per heavy atom. The van der Waals surface area contributed by atoms with Gasteiger partial charge in [-0.2, -0.15) is 0 Å². The van der Waals surface area contributed by atoms with E-state index in [1.165, 1.54) is 78.7 Å². The Morgan fingerprint density at radius 3 is 2.71 bits per heavy atom. The molecule has 0 spiro atoms. The first-order valence-corrected chi connectivity index (χ1v) is 14.7. The summed E-state index contributed by atoms with van der Waals surface area (Å²) in [6.07, 6.45) is 6.73. The third-order valence-electron chi connectivity index (χ3n) is 9.03. The van der Waals surface area contributed by atoms with Crippen LogP contribution < -0.4 is 21.3 Å². The van der Waals surface area contributed by atoms with E-state index >= 15 is 0 Å². The van der Waals surface area contributed by atoms with Crippen LogP contribution in [-0.4, -0.2) is 12.8 Å². The fourth-order valence-electron chi connectivity index (χ4n) is 7.67. The average molecular weight is 485 g/mol. The second-order valence-corrected chi connectivity index (χ2v) is 12.9. The molecular weight excluding hydrogens is 461 g/mol. The van der Waals surface area contributed by atoms with E-state index in [2.05, 4.69) is 77.7 Å². The number of fused-ring (bicyclic) bond motifs is 10. The van der Waals surface area contributed by atoms with E-state index in [4.69, 9.17) is 0 Å². The van der Waals surface area contributed by atoms with Gasteiger partial charge in [-0.05, 0) is 65.9 Å². The van der Waals surface area contributed by atoms with Crippen LogP contribution in [0, 0.1) is 5.92 Å². The van der Waals surface area contributed by atoms with Gasteiger partial charge < -0.3 is 4.90 Å². The van der Waals surface area contributed by atoms with E-state index in [0.29, 0.717) is 12.8 Å². The zero-order valence-corrected chi connectivity index (χ0v) is 21.1. The molecule has 4 aromatic carbocycles. The van der Waals surface area contributed by atoms with Gasteiger partial charge >= 0.3 is 0 Å². The van der Waals surface area contributed by atoms with E-state index in [1.54, 1.807) is 16.7 Å². The lowest BCUT2D eigenvalue weighted by atomic mass is 9.34. The first-order valence-electron chi connectivity index (χ1n) is 13.0. The number of para-hydroxylation sites is 1. The standard InChI is InChI=1S/C31H24BNS2/c1-3-11-23-18(7-1)17-19-8-5-10-21-30(19)33(23)24-12-6-14-27-29(24)32(21)22-15-16-26-28(31(22)35-27)20-9-2-4-13-25(20)34-26/h2,4-6,8-10,12-16,18,23H,1,3,7,11,17H2. The molecule has 168 valence electrons. The Morgan fingerprint density at radius 1 is 0.800 bits per heavy atom. The molecule has 0 bridgehead atoms. The molecule has 3 aliphatic heterocycles. The molecule has 1 aromatic heterocycles. The van der Waals surface area contributed by atoms with Gasteiger partial charge in [-0.25, -0.2) is 0 Å². The van der Waals surface area contributed by atoms with Crippen LogP contribution in [0.5, 0.6) is 0 Å². The normalized spacial score (nSPS) is 21.5. The lowest BCUT2D eigenvalue weighted by Gasteiger charge is -2.51. The fraction of sp³-hybridized carbons (Fsp3) is 0.226. The molecule has 9 rings (SSSR count). The quantitative estimate of drug-likeness (QED) is 0.223. The largest absolute Gasteiger partial charge is 0.339 e. The monoisotopic (exact) mass is 485 g/mol. The molecule has 2 unspecified atom stereocenters. The summed E-state index contributed by atoms with van der Waals surface area (Å²) in [6.45, 7) is 0.326. The molecule has 1 aliphatic carbocycles. The van der Waals surface area contributed by atoms with E-state index in [9.17, 15) is 0 Å². The molecule has 1 fully saturated rings. The van der Waals surface area contributed by atoms with Gasteiger partial charge in [0.2, 0.25) is 6.71 Å². The van der Waals surface area contributed by atoms with Crippen LogP contribution in [-0.2, 0) is 6.42 Å². The Balaban J connectivity index is 1.37. The predicted molar refractivity (Wildman–Crippen MR) is 153 cm³/mol. The average Bonchev–Trinajstić information content (AvgIpc) is 3.29. The molecule has 4 aliphatic rings. The summed E-state index contributed by atoms with van der Waals surface area (Å²) in [5.41, 5.74) is 9.19. The van der Waals surface area contributed by atoms with Crippen molar-refractivity contribution < 1.29 is 0 Å². The smallest absolute Gasteiger partial charge is 0.249 e. The zero-order valence-electron chi connectivity index (χ0n) is 19.5. The van der Waals surface area contributed by atoms with Gasteiger partial charge in [-0.15, -0.1) is 11.3 Å². The first-order chi connectivity index (χ1) is 17.4. The number of anilines is 2. The lowest BCUT2D eigenvalue weighted by molar-refractivity contribution is 0.293. The van der Waals surface area contributed by atoms with Gasteiger partial charge in [-0.1, -0.05) is 78.6 Å². The number of hydrogen-bond acceptors (Lipinski definition) is 3. The molecule has 2 atom stereocenters. The third kappa shape index (κ3) is 2.47. The highest BCUT2D eigenvalue weighted by Gasteiger charge is 2.46. The van der Waals surface area contributed by atoms with E-state index in [-0.39, 0.29) is 0 Å². The number of nitrogens with zero attached hydrogens (tertiary/aromatic N) is 1. The summed E-state index contributed by atoms with van der Waals surface area (Å²) < 4.78 is 2.81. The molecule has 1 saturated carbocycles. The topological polar surface area (TPSA) is 3.24 Å². The molecule has 0 N–H and O–H groups in total. The summed E-state index contributed by atoms with van der Waals surface area (Å²) >= 11 is 3.95. The highest BCUT2D eigenvalue weighted by molar-refractivity contribution is 8.00. The molecule has 0 radical (unpaired) electrons. The minimum atomic E-state index is 0.326. The van der Waals surface area contributed by atoms with Gasteiger partial charge in [0.1, 0.15) is 0 Å². The molecular formula is C31H24BNS2. The number of thiophene rings is 1. The van der Waals surface area contributed by atoms with E-state index < -0.39 is 0 Å². The van der Waals surface area contributed by atoms with Crippen molar-refractivity contribution >= 4 is 77.7 Å². The van der Waals surface area contributed by atoms with Gasteiger partial charge in [-0.3, -0.25) is 0 Å². The molecule has 4 heterocycles. The summed E-state index contributed by atoms with van der Waals surface area (Å²) in [5, 5.41) is 2.87. The maximum Gasteiger partial charge on any atom is 0.249 e. The Labute approximate surface area is 214 Å². The highest BCUT2D eigenvalue weighted by Crippen LogP contribution is 2.49. The molecule has 1 nitrogen and oxygen atoms in total. The van der Waals surface area contributed by atoms with Gasteiger partial charge in [0.05, 0.1) is 0 Å². The molecule has 4 heteroatoms. The van der Waals surface area contributed by atoms with Crippen LogP contribution in [0.3, 0.4) is 0 Å². The highest BCUT2D eigenvalue weighted by atomic mass is 32.2. The Hall–Kier alpha value is -2.69. The number of benzene rings is 4. The summed E-state index contributed by atoms with van der Waals surface area (Å²) in [4.78, 5) is 5.74. The van der Waals surface area contributed by atoms with Crippen LogP contribution in [0.15, 0.2) is 82.6 Å². The van der Waals surface area contributed by atoms with Crippen molar-refractivity contribution in [1.29, 1.82) is 0 Å². The second kappa shape index (κ2) is 6.96. The van der Waals surface area contributed by atoms with Gasteiger partial charge in [0.15, 0.2) is 0 Å². The zero-order chi connectivity index (χ0) is 22.7. The minimum absolute atomic E-state index is 0.326. The Kier molecular flexibility index (Phi) is 3.88. The van der Waals surface area contributed by atoms with Crippen molar-refractivity contribution in [1.82, 2.24) is 0 Å². The van der Waals surface area contributed by atoms with Crippen LogP contribution in [0.4, 0.5) is 11.4 Å². The maximum atomic E-state index is 2.80. The Bertz CT molecular complexity index is 1700. The summed E-state index contributed by atoms with van der Waals surface area (Å²) in [7, 11) is 0. The molecule has 35 heavy (non-hydrogen) atoms. The predicted octanol–water partition coefficient (Wildman–Crippen LogP) is 6.60. The maximum absolute atomic E-state index is 2.80. The summed E-state index contributed by atoms with van der Waals surface area (Å²) in [6, 6.07) is 28.8. The van der Waals surface area contributed by atoms with Crippen LogP contribution in [0.25, 0.3) is 20.2 Å². The van der Waals surface area contributed by atoms with Crippen molar-refractivity contribution in [3.8, 4) is 0 Å². The fourth-order valence-corrected chi connectivity index (χ4v) is 10.2. The van der Waals surface area contributed by atoms with E-state index in [0.717, 1.165) is 5.92 Å². The first kappa shape index (κ1) is 19.5. The molecule has 5 aromatic rings. The van der Waals surface area contributed by atoms with E-state index in [1.807, 2.05) is 23.1 Å². The van der Waals surface area contributed by atoms with Crippen molar-refractivity contribution in [3.05, 3.63) is 78.4 Å². The molecule has 0 amide bonds. The molecule has 0 saturated heterocycles. The number of hydrogen-bond donors (Lipinski definition) is 0. The second-order valence-electron chi connectivity index (χ2n) is 10.7. The van der Waals surface area contributed by atoms with Crippen molar-refractivity contribution in [3.63, 3.8) is 0 Å². The van der Waals surface area contributed by atoms with Gasteiger partial charge in [0.25, 0.3) is 0 Å². The van der Waals surface area contributed by atoms with Crippen LogP contribution >= 0.6 is 23.1 Å².